The molecular weight excluding hydrogens is 188 g/mol. The van der Waals surface area contributed by atoms with E-state index in [1.165, 1.54) is 12.8 Å². The maximum atomic E-state index is 5.60. The van der Waals surface area contributed by atoms with Gasteiger partial charge in [-0.05, 0) is 24.8 Å². The van der Waals surface area contributed by atoms with E-state index in [2.05, 4.69) is 28.7 Å². The largest absolute Gasteiger partial charge is 0.368 e. The molecule has 0 radical (unpaired) electrons. The van der Waals surface area contributed by atoms with Crippen molar-refractivity contribution in [3.8, 4) is 0 Å². The fraction of sp³-hybridized carbons (Fsp3) is 0.636. The first-order valence-corrected chi connectivity index (χ1v) is 5.53. The van der Waals surface area contributed by atoms with Gasteiger partial charge in [-0.2, -0.15) is 4.98 Å². The molecule has 2 rings (SSSR count). The normalized spacial score (nSPS) is 21.3. The van der Waals surface area contributed by atoms with Gasteiger partial charge >= 0.3 is 0 Å². The van der Waals surface area contributed by atoms with Crippen LogP contribution >= 0.6 is 0 Å². The summed E-state index contributed by atoms with van der Waals surface area (Å²) in [6, 6.07) is 2.54. The average Bonchev–Trinajstić information content (AvgIpc) is 2.65. The van der Waals surface area contributed by atoms with Crippen LogP contribution < -0.4 is 10.6 Å². The standard InChI is InChI=1S/C11H18N4/c1-8(2)9-4-3-7-15(9)10-5-6-13-11(12)14-10/h5-6,8-9H,3-4,7H2,1-2H3,(H2,12,13,14). The van der Waals surface area contributed by atoms with E-state index in [0.29, 0.717) is 17.9 Å². The molecule has 1 aliphatic rings. The summed E-state index contributed by atoms with van der Waals surface area (Å²) in [7, 11) is 0. The highest BCUT2D eigenvalue weighted by atomic mass is 15.2. The molecule has 0 aliphatic carbocycles. The molecule has 4 heteroatoms. The van der Waals surface area contributed by atoms with Gasteiger partial charge in [-0.1, -0.05) is 13.8 Å². The van der Waals surface area contributed by atoms with Gasteiger partial charge in [-0.25, -0.2) is 4.98 Å². The van der Waals surface area contributed by atoms with Gasteiger partial charge in [0.2, 0.25) is 5.95 Å². The molecule has 0 bridgehead atoms. The van der Waals surface area contributed by atoms with E-state index in [1.54, 1.807) is 6.20 Å². The topological polar surface area (TPSA) is 55.0 Å². The van der Waals surface area contributed by atoms with Crippen LogP contribution in [-0.4, -0.2) is 22.6 Å². The Morgan fingerprint density at radius 1 is 1.53 bits per heavy atom. The van der Waals surface area contributed by atoms with Gasteiger partial charge in [0.1, 0.15) is 5.82 Å². The molecule has 15 heavy (non-hydrogen) atoms. The minimum atomic E-state index is 0.363. The van der Waals surface area contributed by atoms with Gasteiger partial charge < -0.3 is 10.6 Å². The number of nitrogen functional groups attached to an aromatic ring is 1. The van der Waals surface area contributed by atoms with E-state index in [9.17, 15) is 0 Å². The van der Waals surface area contributed by atoms with Crippen molar-refractivity contribution in [3.05, 3.63) is 12.3 Å². The molecule has 1 unspecified atom stereocenters. The van der Waals surface area contributed by atoms with Crippen molar-refractivity contribution in [2.75, 3.05) is 17.2 Å². The molecule has 0 saturated carbocycles. The number of hydrogen-bond acceptors (Lipinski definition) is 4. The number of nitrogens with zero attached hydrogens (tertiary/aromatic N) is 3. The lowest BCUT2D eigenvalue weighted by atomic mass is 10.0. The molecule has 1 aliphatic heterocycles. The highest BCUT2D eigenvalue weighted by Crippen LogP contribution is 2.28. The summed E-state index contributed by atoms with van der Waals surface area (Å²) in [5.74, 6) is 1.99. The third-order valence-electron chi connectivity index (χ3n) is 3.02. The highest BCUT2D eigenvalue weighted by Gasteiger charge is 2.27. The molecule has 2 N–H and O–H groups in total. The highest BCUT2D eigenvalue weighted by molar-refractivity contribution is 5.43. The van der Waals surface area contributed by atoms with Crippen LogP contribution in [0, 0.1) is 5.92 Å². The molecule has 1 aromatic heterocycles. The van der Waals surface area contributed by atoms with Crippen LogP contribution in [0.3, 0.4) is 0 Å². The number of hydrogen-bond donors (Lipinski definition) is 1. The van der Waals surface area contributed by atoms with Crippen molar-refractivity contribution < 1.29 is 0 Å². The maximum Gasteiger partial charge on any atom is 0.221 e. The first-order chi connectivity index (χ1) is 7.18. The second-order valence-corrected chi connectivity index (χ2v) is 4.42. The third kappa shape index (κ3) is 2.03. The first-order valence-electron chi connectivity index (χ1n) is 5.53. The van der Waals surface area contributed by atoms with Crippen LogP contribution in [-0.2, 0) is 0 Å². The van der Waals surface area contributed by atoms with E-state index in [0.717, 1.165) is 12.4 Å². The van der Waals surface area contributed by atoms with Gasteiger partial charge in [0.15, 0.2) is 0 Å². The smallest absolute Gasteiger partial charge is 0.221 e. The lowest BCUT2D eigenvalue weighted by Gasteiger charge is -2.28. The molecule has 1 aromatic rings. The van der Waals surface area contributed by atoms with Crippen molar-refractivity contribution in [2.24, 2.45) is 5.92 Å². The summed E-state index contributed by atoms with van der Waals surface area (Å²) in [6.45, 7) is 5.60. The lowest BCUT2D eigenvalue weighted by Crippen LogP contribution is -2.34. The molecule has 1 fully saturated rings. The monoisotopic (exact) mass is 206 g/mol. The summed E-state index contributed by atoms with van der Waals surface area (Å²) in [4.78, 5) is 10.6. The van der Waals surface area contributed by atoms with Gasteiger partial charge in [0, 0.05) is 18.8 Å². The Labute approximate surface area is 90.5 Å². The molecular formula is C11H18N4. The molecule has 0 aromatic carbocycles. The van der Waals surface area contributed by atoms with Crippen molar-refractivity contribution in [1.29, 1.82) is 0 Å². The predicted octanol–water partition coefficient (Wildman–Crippen LogP) is 1.68. The number of aromatic nitrogens is 2. The summed E-state index contributed by atoms with van der Waals surface area (Å²) >= 11 is 0. The van der Waals surface area contributed by atoms with Gasteiger partial charge in [-0.3, -0.25) is 0 Å². The Balaban J connectivity index is 2.22. The maximum absolute atomic E-state index is 5.60. The van der Waals surface area contributed by atoms with E-state index < -0.39 is 0 Å². The van der Waals surface area contributed by atoms with Gasteiger partial charge in [-0.15, -0.1) is 0 Å². The zero-order chi connectivity index (χ0) is 10.8. The van der Waals surface area contributed by atoms with Crippen molar-refractivity contribution >= 4 is 11.8 Å². The third-order valence-corrected chi connectivity index (χ3v) is 3.02. The zero-order valence-electron chi connectivity index (χ0n) is 9.35. The van der Waals surface area contributed by atoms with E-state index in [-0.39, 0.29) is 0 Å². The summed E-state index contributed by atoms with van der Waals surface area (Å²) in [6.07, 6.45) is 4.22. The first kappa shape index (κ1) is 10.2. The van der Waals surface area contributed by atoms with Crippen molar-refractivity contribution in [3.63, 3.8) is 0 Å². The molecule has 0 amide bonds. The zero-order valence-corrected chi connectivity index (χ0v) is 9.35. The van der Waals surface area contributed by atoms with Crippen LogP contribution in [0.5, 0.6) is 0 Å². The Bertz CT molecular complexity index is 337. The number of nitrogens with two attached hydrogens (primary N) is 1. The second kappa shape index (κ2) is 4.04. The van der Waals surface area contributed by atoms with Crippen LogP contribution in [0.25, 0.3) is 0 Å². The minimum absolute atomic E-state index is 0.363. The molecule has 2 heterocycles. The van der Waals surface area contributed by atoms with Crippen molar-refractivity contribution in [2.45, 2.75) is 32.7 Å². The minimum Gasteiger partial charge on any atom is -0.368 e. The van der Waals surface area contributed by atoms with Crippen LogP contribution in [0.15, 0.2) is 12.3 Å². The van der Waals surface area contributed by atoms with Crippen LogP contribution in [0.4, 0.5) is 11.8 Å². The SMILES string of the molecule is CC(C)C1CCCN1c1ccnc(N)n1. The Morgan fingerprint density at radius 2 is 2.33 bits per heavy atom. The summed E-state index contributed by atoms with van der Waals surface area (Å²) in [5, 5.41) is 0. The Kier molecular flexibility index (Phi) is 2.75. The van der Waals surface area contributed by atoms with E-state index >= 15 is 0 Å². The molecule has 82 valence electrons. The molecule has 1 saturated heterocycles. The summed E-state index contributed by atoms with van der Waals surface area (Å²) in [5.41, 5.74) is 5.60. The molecule has 4 nitrogen and oxygen atoms in total. The Morgan fingerprint density at radius 3 is 3.00 bits per heavy atom. The fourth-order valence-corrected chi connectivity index (χ4v) is 2.29. The molecule has 1 atom stereocenters. The van der Waals surface area contributed by atoms with E-state index in [4.69, 9.17) is 5.73 Å². The Hall–Kier alpha value is -1.32. The van der Waals surface area contributed by atoms with Gasteiger partial charge in [0.05, 0.1) is 0 Å². The van der Waals surface area contributed by atoms with Gasteiger partial charge in [0.25, 0.3) is 0 Å². The fourth-order valence-electron chi connectivity index (χ4n) is 2.29. The van der Waals surface area contributed by atoms with Crippen LogP contribution in [0.2, 0.25) is 0 Å². The van der Waals surface area contributed by atoms with Crippen molar-refractivity contribution in [1.82, 2.24) is 9.97 Å². The number of anilines is 2. The number of rotatable bonds is 2. The average molecular weight is 206 g/mol. The predicted molar refractivity (Wildman–Crippen MR) is 61.7 cm³/mol. The quantitative estimate of drug-likeness (QED) is 0.800. The second-order valence-electron chi connectivity index (χ2n) is 4.42. The van der Waals surface area contributed by atoms with E-state index in [1.807, 2.05) is 6.07 Å². The molecule has 0 spiro atoms. The lowest BCUT2D eigenvalue weighted by molar-refractivity contribution is 0.489. The van der Waals surface area contributed by atoms with Crippen LogP contribution in [0.1, 0.15) is 26.7 Å². The summed E-state index contributed by atoms with van der Waals surface area (Å²) < 4.78 is 0.